The highest BCUT2D eigenvalue weighted by Crippen LogP contribution is 2.12. The lowest BCUT2D eigenvalue weighted by Gasteiger charge is -2.27. The number of nitrogens with zero attached hydrogens (tertiary/aromatic N) is 1. The molecular formula is C22H45N3O6. The summed E-state index contributed by atoms with van der Waals surface area (Å²) in [6, 6.07) is 0. The van der Waals surface area contributed by atoms with Gasteiger partial charge in [0.15, 0.2) is 0 Å². The van der Waals surface area contributed by atoms with E-state index in [1.165, 1.54) is 0 Å². The molecule has 0 heterocycles. The molecule has 0 spiro atoms. The molecule has 0 aliphatic carbocycles. The van der Waals surface area contributed by atoms with Crippen molar-refractivity contribution in [2.75, 3.05) is 66.3 Å². The molecule has 0 unspecified atom stereocenters. The summed E-state index contributed by atoms with van der Waals surface area (Å²) in [5.41, 5.74) is 4.81. The van der Waals surface area contributed by atoms with Crippen LogP contribution < -0.4 is 11.1 Å². The van der Waals surface area contributed by atoms with Gasteiger partial charge in [-0.1, -0.05) is 19.3 Å². The molecule has 184 valence electrons. The maximum Gasteiger partial charge on any atom is 0.410 e. The van der Waals surface area contributed by atoms with Crippen molar-refractivity contribution in [2.45, 2.75) is 64.9 Å². The number of nitrogens with one attached hydrogen (secondary N) is 1. The number of rotatable bonds is 19. The molecular weight excluding hydrogens is 402 g/mol. The lowest BCUT2D eigenvalue weighted by atomic mass is 10.1. The van der Waals surface area contributed by atoms with Gasteiger partial charge in [-0.2, -0.15) is 0 Å². The maximum absolute atomic E-state index is 12.5. The predicted octanol–water partition coefficient (Wildman–Crippen LogP) is 2.32. The highest BCUT2D eigenvalue weighted by molar-refractivity contribution is 5.75. The SMILES string of the molecule is CNC(=O)CCCCCCCN(CCOCCOCCOCCN)C(=O)OC(C)(C)C. The summed E-state index contributed by atoms with van der Waals surface area (Å²) in [4.78, 5) is 25.4. The Labute approximate surface area is 188 Å². The van der Waals surface area contributed by atoms with Crippen LogP contribution in [-0.4, -0.2) is 88.8 Å². The standard InChI is InChI=1S/C22H45N3O6/c1-22(2,3)31-21(27)25(12-9-7-5-6-8-10-20(26)24-4)13-15-29-17-19-30-18-16-28-14-11-23/h5-19,23H2,1-4H3,(H,24,26). The van der Waals surface area contributed by atoms with Crippen LogP contribution in [0.25, 0.3) is 0 Å². The first kappa shape index (κ1) is 29.6. The molecule has 31 heavy (non-hydrogen) atoms. The molecule has 2 amide bonds. The zero-order chi connectivity index (χ0) is 23.4. The van der Waals surface area contributed by atoms with Crippen molar-refractivity contribution < 1.29 is 28.5 Å². The number of amides is 2. The minimum absolute atomic E-state index is 0.0847. The van der Waals surface area contributed by atoms with Crippen LogP contribution in [0.3, 0.4) is 0 Å². The summed E-state index contributed by atoms with van der Waals surface area (Å²) >= 11 is 0. The van der Waals surface area contributed by atoms with Gasteiger partial charge in [0.2, 0.25) is 5.91 Å². The van der Waals surface area contributed by atoms with Crippen LogP contribution in [0.1, 0.15) is 59.3 Å². The van der Waals surface area contributed by atoms with E-state index in [0.29, 0.717) is 65.7 Å². The van der Waals surface area contributed by atoms with Gasteiger partial charge in [-0.15, -0.1) is 0 Å². The maximum atomic E-state index is 12.5. The molecule has 0 aromatic heterocycles. The molecule has 0 saturated carbocycles. The number of hydrogen-bond acceptors (Lipinski definition) is 7. The zero-order valence-electron chi connectivity index (χ0n) is 20.1. The second-order valence-corrected chi connectivity index (χ2v) is 8.28. The molecule has 0 rings (SSSR count). The Kier molecular flexibility index (Phi) is 18.4. The molecule has 3 N–H and O–H groups in total. The van der Waals surface area contributed by atoms with Gasteiger partial charge in [0, 0.05) is 33.1 Å². The molecule has 0 radical (unpaired) electrons. The fourth-order valence-electron chi connectivity index (χ4n) is 2.66. The zero-order valence-corrected chi connectivity index (χ0v) is 20.1. The molecule has 9 heteroatoms. The smallest absolute Gasteiger partial charge is 0.410 e. The molecule has 0 fully saturated rings. The molecule has 0 atom stereocenters. The Bertz CT molecular complexity index is 457. The third kappa shape index (κ3) is 20.2. The van der Waals surface area contributed by atoms with Gasteiger partial charge in [0.05, 0.1) is 39.6 Å². The molecule has 0 bridgehead atoms. The predicted molar refractivity (Wildman–Crippen MR) is 121 cm³/mol. The Hall–Kier alpha value is -1.42. The van der Waals surface area contributed by atoms with Crippen molar-refractivity contribution in [1.29, 1.82) is 0 Å². The monoisotopic (exact) mass is 447 g/mol. The van der Waals surface area contributed by atoms with Gasteiger partial charge < -0.3 is 34.9 Å². The number of carbonyl (C=O) groups excluding carboxylic acids is 2. The van der Waals surface area contributed by atoms with E-state index >= 15 is 0 Å². The van der Waals surface area contributed by atoms with Gasteiger partial charge >= 0.3 is 6.09 Å². The van der Waals surface area contributed by atoms with Crippen molar-refractivity contribution in [3.05, 3.63) is 0 Å². The Morgan fingerprint density at radius 1 is 0.806 bits per heavy atom. The first-order valence-electron chi connectivity index (χ1n) is 11.4. The van der Waals surface area contributed by atoms with Gasteiger partial charge in [-0.3, -0.25) is 4.79 Å². The highest BCUT2D eigenvalue weighted by Gasteiger charge is 2.21. The number of hydrogen-bond donors (Lipinski definition) is 2. The van der Waals surface area contributed by atoms with Crippen LogP contribution in [0, 0.1) is 0 Å². The third-order valence-electron chi connectivity index (χ3n) is 4.27. The minimum atomic E-state index is -0.532. The minimum Gasteiger partial charge on any atom is -0.444 e. The van der Waals surface area contributed by atoms with Crippen LogP contribution >= 0.6 is 0 Å². The van der Waals surface area contributed by atoms with E-state index in [1.807, 2.05) is 20.8 Å². The first-order chi connectivity index (χ1) is 14.8. The van der Waals surface area contributed by atoms with Gasteiger partial charge in [-0.25, -0.2) is 4.79 Å². The molecule has 0 aliphatic heterocycles. The average molecular weight is 448 g/mol. The topological polar surface area (TPSA) is 112 Å². The number of unbranched alkanes of at least 4 members (excludes halogenated alkanes) is 4. The number of ether oxygens (including phenoxy) is 4. The van der Waals surface area contributed by atoms with Crippen LogP contribution in [0.2, 0.25) is 0 Å². The largest absolute Gasteiger partial charge is 0.444 e. The second kappa shape index (κ2) is 19.3. The quantitative estimate of drug-likeness (QED) is 0.292. The lowest BCUT2D eigenvalue weighted by Crippen LogP contribution is -2.39. The molecule has 0 aliphatic rings. The number of carbonyl (C=O) groups is 2. The Balaban J connectivity index is 4.03. The average Bonchev–Trinajstić information content (AvgIpc) is 2.71. The third-order valence-corrected chi connectivity index (χ3v) is 4.27. The molecule has 0 saturated heterocycles. The molecule has 9 nitrogen and oxygen atoms in total. The summed E-state index contributed by atoms with van der Waals surface area (Å²) in [5.74, 6) is 0.0847. The van der Waals surface area contributed by atoms with Crippen LogP contribution in [0.15, 0.2) is 0 Å². The van der Waals surface area contributed by atoms with Gasteiger partial charge in [0.1, 0.15) is 5.60 Å². The normalized spacial score (nSPS) is 11.4. The summed E-state index contributed by atoms with van der Waals surface area (Å²) in [7, 11) is 1.66. The van der Waals surface area contributed by atoms with Crippen LogP contribution in [0.4, 0.5) is 4.79 Å². The molecule has 0 aromatic carbocycles. The number of nitrogens with two attached hydrogens (primary N) is 1. The van der Waals surface area contributed by atoms with E-state index in [-0.39, 0.29) is 12.0 Å². The summed E-state index contributed by atoms with van der Waals surface area (Å²) < 4.78 is 21.7. The van der Waals surface area contributed by atoms with E-state index in [0.717, 1.165) is 32.1 Å². The van der Waals surface area contributed by atoms with E-state index < -0.39 is 5.60 Å². The van der Waals surface area contributed by atoms with Gasteiger partial charge in [-0.05, 0) is 33.6 Å². The Morgan fingerprint density at radius 3 is 1.94 bits per heavy atom. The van der Waals surface area contributed by atoms with Crippen molar-refractivity contribution in [1.82, 2.24) is 10.2 Å². The van der Waals surface area contributed by atoms with Gasteiger partial charge in [0.25, 0.3) is 0 Å². The van der Waals surface area contributed by atoms with Crippen molar-refractivity contribution in [2.24, 2.45) is 5.73 Å². The fraction of sp³-hybridized carbons (Fsp3) is 0.909. The van der Waals surface area contributed by atoms with Crippen LogP contribution in [0.5, 0.6) is 0 Å². The Morgan fingerprint density at radius 2 is 1.35 bits per heavy atom. The summed E-state index contributed by atoms with van der Waals surface area (Å²) in [6.07, 6.45) is 5.11. The molecule has 0 aromatic rings. The van der Waals surface area contributed by atoms with E-state index in [4.69, 9.17) is 24.7 Å². The van der Waals surface area contributed by atoms with Crippen molar-refractivity contribution in [3.63, 3.8) is 0 Å². The van der Waals surface area contributed by atoms with E-state index in [9.17, 15) is 9.59 Å². The summed E-state index contributed by atoms with van der Waals surface area (Å²) in [6.45, 7) is 10.1. The lowest BCUT2D eigenvalue weighted by molar-refractivity contribution is -0.120. The highest BCUT2D eigenvalue weighted by atomic mass is 16.6. The summed E-state index contributed by atoms with van der Waals surface area (Å²) in [5, 5.41) is 2.63. The van der Waals surface area contributed by atoms with Crippen molar-refractivity contribution >= 4 is 12.0 Å². The second-order valence-electron chi connectivity index (χ2n) is 8.28. The van der Waals surface area contributed by atoms with Crippen molar-refractivity contribution in [3.8, 4) is 0 Å². The fourth-order valence-corrected chi connectivity index (χ4v) is 2.66. The van der Waals surface area contributed by atoms with Crippen LogP contribution in [-0.2, 0) is 23.7 Å². The van der Waals surface area contributed by atoms with E-state index in [2.05, 4.69) is 5.32 Å². The first-order valence-corrected chi connectivity index (χ1v) is 11.4. The van der Waals surface area contributed by atoms with E-state index in [1.54, 1.807) is 11.9 Å².